The van der Waals surface area contributed by atoms with Crippen LogP contribution in [0.1, 0.15) is 163 Å². The topological polar surface area (TPSA) is 110 Å². The summed E-state index contributed by atoms with van der Waals surface area (Å²) in [5.74, 6) is -1.68. The van der Waals surface area contributed by atoms with Crippen LogP contribution in [-0.4, -0.2) is 38.1 Å². The monoisotopic (exact) mass is 672 g/mol. The van der Waals surface area contributed by atoms with E-state index in [0.717, 1.165) is 50.3 Å². The van der Waals surface area contributed by atoms with E-state index < -0.39 is 27.0 Å². The molecule has 0 radical (unpaired) electrons. The standard InChI is InChI=1S/C36H58O7S.K/c1-3-5-7-9-11-13-15-17-19-21-23-25-29-42-35(37)33-28-27-32(44(39,40)41)31-34(33)36(38)43-30-26-24-22-20-18-16-14-12-10-8-6-4-2;/h23-28,31H,3-22,29-30H2,1-2H3,(H,39,40,41);/q;+1/p-1/b25-23+,26-24+;. The van der Waals surface area contributed by atoms with Crippen LogP contribution >= 0.6 is 0 Å². The molecule has 0 bridgehead atoms. The van der Waals surface area contributed by atoms with Crippen molar-refractivity contribution in [3.05, 3.63) is 53.6 Å². The van der Waals surface area contributed by atoms with Crippen LogP contribution in [0.2, 0.25) is 0 Å². The number of ether oxygens (including phenoxy) is 2. The van der Waals surface area contributed by atoms with Gasteiger partial charge in [-0.3, -0.25) is 0 Å². The summed E-state index contributed by atoms with van der Waals surface area (Å²) in [5, 5.41) is 0. The van der Waals surface area contributed by atoms with E-state index in [2.05, 4.69) is 13.8 Å². The Morgan fingerprint density at radius 3 is 1.38 bits per heavy atom. The van der Waals surface area contributed by atoms with Gasteiger partial charge in [0.05, 0.1) is 16.0 Å². The molecule has 250 valence electrons. The minimum Gasteiger partial charge on any atom is -0.744 e. The van der Waals surface area contributed by atoms with Crippen LogP contribution in [0.5, 0.6) is 0 Å². The van der Waals surface area contributed by atoms with Crippen molar-refractivity contribution in [1.29, 1.82) is 0 Å². The van der Waals surface area contributed by atoms with Crippen molar-refractivity contribution in [2.45, 2.75) is 147 Å². The molecule has 9 heteroatoms. The smallest absolute Gasteiger partial charge is 0.744 e. The first kappa shape index (κ1) is 44.2. The summed E-state index contributed by atoms with van der Waals surface area (Å²) in [6.45, 7) is 4.44. The molecule has 0 aliphatic carbocycles. The van der Waals surface area contributed by atoms with Crippen molar-refractivity contribution in [1.82, 2.24) is 0 Å². The fraction of sp³-hybridized carbons (Fsp3) is 0.667. The van der Waals surface area contributed by atoms with Gasteiger partial charge in [-0.25, -0.2) is 18.0 Å². The third-order valence-electron chi connectivity index (χ3n) is 7.62. The number of rotatable bonds is 27. The van der Waals surface area contributed by atoms with Crippen LogP contribution in [0, 0.1) is 0 Å². The van der Waals surface area contributed by atoms with Gasteiger partial charge in [0, 0.05) is 0 Å². The van der Waals surface area contributed by atoms with Gasteiger partial charge in [0.25, 0.3) is 0 Å². The van der Waals surface area contributed by atoms with Crippen LogP contribution in [0.25, 0.3) is 0 Å². The first-order valence-corrected chi connectivity index (χ1v) is 18.5. The molecule has 1 aromatic rings. The fourth-order valence-corrected chi connectivity index (χ4v) is 5.44. The van der Waals surface area contributed by atoms with E-state index in [1.165, 1.54) is 96.3 Å². The molecular formula is C36H57KO7S. The number of allylic oxidation sites excluding steroid dienone is 2. The second-order valence-electron chi connectivity index (χ2n) is 11.5. The van der Waals surface area contributed by atoms with Crippen LogP contribution < -0.4 is 51.4 Å². The Morgan fingerprint density at radius 2 is 0.978 bits per heavy atom. The maximum Gasteiger partial charge on any atom is 1.00 e. The van der Waals surface area contributed by atoms with Crippen LogP contribution in [0.4, 0.5) is 0 Å². The number of hydrogen-bond acceptors (Lipinski definition) is 7. The zero-order chi connectivity index (χ0) is 32.3. The Morgan fingerprint density at radius 1 is 0.600 bits per heavy atom. The average molecular weight is 673 g/mol. The molecule has 0 atom stereocenters. The van der Waals surface area contributed by atoms with E-state index in [1.807, 2.05) is 12.2 Å². The van der Waals surface area contributed by atoms with Crippen molar-refractivity contribution in [2.75, 3.05) is 13.2 Å². The van der Waals surface area contributed by atoms with E-state index in [0.29, 0.717) is 0 Å². The van der Waals surface area contributed by atoms with E-state index in [9.17, 15) is 22.6 Å². The van der Waals surface area contributed by atoms with Gasteiger partial charge in [-0.15, -0.1) is 0 Å². The zero-order valence-corrected chi connectivity index (χ0v) is 32.3. The number of benzene rings is 1. The predicted octanol–water partition coefficient (Wildman–Crippen LogP) is 6.86. The van der Waals surface area contributed by atoms with Gasteiger partial charge < -0.3 is 14.0 Å². The fourth-order valence-electron chi connectivity index (χ4n) is 4.95. The average Bonchev–Trinajstić information content (AvgIpc) is 3.00. The number of carbonyl (C=O) groups is 2. The molecule has 0 saturated heterocycles. The van der Waals surface area contributed by atoms with Gasteiger partial charge in [-0.05, 0) is 43.9 Å². The van der Waals surface area contributed by atoms with Gasteiger partial charge >= 0.3 is 63.3 Å². The molecule has 0 saturated carbocycles. The molecule has 0 heterocycles. The minimum atomic E-state index is -4.83. The maximum atomic E-state index is 12.8. The van der Waals surface area contributed by atoms with Gasteiger partial charge in [0.15, 0.2) is 0 Å². The molecule has 0 spiro atoms. The normalized spacial score (nSPS) is 11.6. The third-order valence-corrected chi connectivity index (χ3v) is 8.45. The van der Waals surface area contributed by atoms with Crippen molar-refractivity contribution < 1.29 is 83.4 Å². The van der Waals surface area contributed by atoms with Gasteiger partial charge in [0.1, 0.15) is 23.3 Å². The minimum absolute atomic E-state index is 0. The van der Waals surface area contributed by atoms with Gasteiger partial charge in [-0.1, -0.05) is 141 Å². The molecule has 0 aliphatic heterocycles. The Balaban J connectivity index is 0.0000194. The Labute approximate surface area is 316 Å². The van der Waals surface area contributed by atoms with Crippen molar-refractivity contribution in [3.63, 3.8) is 0 Å². The second-order valence-corrected chi connectivity index (χ2v) is 12.9. The summed E-state index contributed by atoms with van der Waals surface area (Å²) in [6, 6.07) is 3.00. The van der Waals surface area contributed by atoms with Gasteiger partial charge in [0.2, 0.25) is 0 Å². The van der Waals surface area contributed by atoms with E-state index in [4.69, 9.17) is 9.47 Å². The molecule has 0 aromatic heterocycles. The summed E-state index contributed by atoms with van der Waals surface area (Å²) >= 11 is 0. The van der Waals surface area contributed by atoms with Crippen LogP contribution in [0.3, 0.4) is 0 Å². The van der Waals surface area contributed by atoms with Crippen molar-refractivity contribution >= 4 is 22.1 Å². The molecule has 0 unspecified atom stereocenters. The van der Waals surface area contributed by atoms with Crippen LogP contribution in [-0.2, 0) is 19.6 Å². The quantitative estimate of drug-likeness (QED) is 0.0330. The molecule has 7 nitrogen and oxygen atoms in total. The predicted molar refractivity (Wildman–Crippen MR) is 177 cm³/mol. The second kappa shape index (κ2) is 29.3. The first-order valence-electron chi connectivity index (χ1n) is 17.0. The summed E-state index contributed by atoms with van der Waals surface area (Å²) in [5.41, 5.74) is -0.452. The maximum absolute atomic E-state index is 12.8. The van der Waals surface area contributed by atoms with E-state index >= 15 is 0 Å². The van der Waals surface area contributed by atoms with Gasteiger partial charge in [-0.2, -0.15) is 0 Å². The molecule has 0 amide bonds. The summed E-state index contributed by atoms with van der Waals surface area (Å²) in [6.07, 6.45) is 31.7. The molecule has 1 aromatic carbocycles. The summed E-state index contributed by atoms with van der Waals surface area (Å²) in [4.78, 5) is 24.9. The molecule has 0 fully saturated rings. The molecule has 0 N–H and O–H groups in total. The van der Waals surface area contributed by atoms with E-state index in [1.54, 1.807) is 12.2 Å². The third kappa shape index (κ3) is 23.2. The molecular weight excluding hydrogens is 616 g/mol. The Hall–Kier alpha value is -0.814. The molecule has 0 aliphatic rings. The number of unbranched alkanes of at least 4 members (excludes halogenated alkanes) is 18. The Bertz CT molecular complexity index is 1080. The summed E-state index contributed by atoms with van der Waals surface area (Å²) in [7, 11) is -4.83. The van der Waals surface area contributed by atoms with Crippen molar-refractivity contribution in [2.24, 2.45) is 0 Å². The SMILES string of the molecule is CCCCCCCCCCC/C=C/COC(=O)c1ccc(S(=O)(=O)[O-])cc1C(=O)OC/C=C/CCCCCCCCCCC.[K+]. The largest absolute Gasteiger partial charge is 1.00 e. The first-order chi connectivity index (χ1) is 21.3. The molecule has 45 heavy (non-hydrogen) atoms. The molecule has 1 rings (SSSR count). The zero-order valence-electron chi connectivity index (χ0n) is 28.4. The number of esters is 2. The van der Waals surface area contributed by atoms with Crippen molar-refractivity contribution in [3.8, 4) is 0 Å². The summed E-state index contributed by atoms with van der Waals surface area (Å²) < 4.78 is 45.2. The van der Waals surface area contributed by atoms with E-state index in [-0.39, 0.29) is 75.7 Å². The Kier molecular flexibility index (Phi) is 28.8. The number of carbonyl (C=O) groups excluding carboxylic acids is 2. The number of hydrogen-bond donors (Lipinski definition) is 0. The van der Waals surface area contributed by atoms with Crippen LogP contribution in [0.15, 0.2) is 47.4 Å².